The van der Waals surface area contributed by atoms with Crippen LogP contribution in [0.5, 0.6) is 0 Å². The summed E-state index contributed by atoms with van der Waals surface area (Å²) >= 11 is 11.8. The van der Waals surface area contributed by atoms with Crippen molar-refractivity contribution in [3.63, 3.8) is 0 Å². The zero-order valence-electron chi connectivity index (χ0n) is 21.5. The number of benzene rings is 2. The molecule has 0 saturated heterocycles. The molecule has 0 spiro atoms. The number of aryl methyl sites for hydroxylation is 1. The normalized spacial score (nSPS) is 11.3. The Bertz CT molecular complexity index is 1460. The topological polar surface area (TPSA) is 118 Å². The lowest BCUT2D eigenvalue weighted by atomic mass is 10.0. The molecule has 1 heterocycles. The van der Waals surface area contributed by atoms with Gasteiger partial charge in [0.25, 0.3) is 0 Å². The van der Waals surface area contributed by atoms with E-state index in [0.29, 0.717) is 10.6 Å². The van der Waals surface area contributed by atoms with Crippen molar-refractivity contribution in [3.05, 3.63) is 68.3 Å². The minimum Gasteiger partial charge on any atom is -0.331 e. The Balaban J connectivity index is 0.000000293. The number of sulfonamides is 1. The number of carbonyl (C=O) groups excluding carboxylic acids is 1. The molecule has 10 nitrogen and oxygen atoms in total. The molecule has 3 aromatic rings. The standard InChI is InChI=1S/C12H18N2O.C11H10Cl2F2N4O3S/c1-9(2)10-5-7-11(8-6-10)13-12(15)14(3)4;1-5-16-19(11(20)18(5)10(14)15)9-4-8(17-23(2,21)22)6(12)3-7(9)13/h5-9H,1-4H3,(H,13,15);3-4,10,17H,1-2H3. The Morgan fingerprint density at radius 3 is 2.11 bits per heavy atom. The van der Waals surface area contributed by atoms with Crippen molar-refractivity contribution < 1.29 is 22.0 Å². The molecule has 0 bridgehead atoms. The number of hydrogen-bond acceptors (Lipinski definition) is 5. The van der Waals surface area contributed by atoms with Crippen molar-refractivity contribution in [1.29, 1.82) is 0 Å². The minimum absolute atomic E-state index is 0.0257. The van der Waals surface area contributed by atoms with Crippen molar-refractivity contribution in [1.82, 2.24) is 19.2 Å². The first-order chi connectivity index (χ1) is 17.5. The van der Waals surface area contributed by atoms with Crippen LogP contribution in [0.15, 0.2) is 41.2 Å². The molecule has 15 heteroatoms. The number of amides is 2. The van der Waals surface area contributed by atoms with Gasteiger partial charge < -0.3 is 10.2 Å². The van der Waals surface area contributed by atoms with Crippen LogP contribution in [0.25, 0.3) is 5.69 Å². The molecule has 0 aliphatic rings. The van der Waals surface area contributed by atoms with Crippen molar-refractivity contribution >= 4 is 50.6 Å². The fourth-order valence-corrected chi connectivity index (χ4v) is 4.16. The molecule has 208 valence electrons. The van der Waals surface area contributed by atoms with Crippen LogP contribution < -0.4 is 15.7 Å². The summed E-state index contributed by atoms with van der Waals surface area (Å²) in [5.74, 6) is 0.289. The number of anilines is 2. The fourth-order valence-electron chi connectivity index (χ4n) is 3.02. The van der Waals surface area contributed by atoms with Gasteiger partial charge in [0.15, 0.2) is 0 Å². The summed E-state index contributed by atoms with van der Waals surface area (Å²) in [6.07, 6.45) is 0.902. The fraction of sp³-hybridized carbons (Fsp3) is 0.348. The van der Waals surface area contributed by atoms with Crippen molar-refractivity contribution in [3.8, 4) is 5.69 Å². The minimum atomic E-state index is -3.65. The van der Waals surface area contributed by atoms with Gasteiger partial charge in [0.1, 0.15) is 5.82 Å². The summed E-state index contributed by atoms with van der Waals surface area (Å²) in [6, 6.07) is 10.1. The number of aromatic nitrogens is 3. The molecule has 0 unspecified atom stereocenters. The van der Waals surface area contributed by atoms with Crippen LogP contribution in [0.3, 0.4) is 0 Å². The smallest absolute Gasteiger partial charge is 0.331 e. The first-order valence-electron chi connectivity index (χ1n) is 11.0. The number of hydrogen-bond donors (Lipinski definition) is 2. The van der Waals surface area contributed by atoms with Crippen LogP contribution in [0.2, 0.25) is 10.0 Å². The van der Waals surface area contributed by atoms with E-state index < -0.39 is 22.3 Å². The number of urea groups is 1. The summed E-state index contributed by atoms with van der Waals surface area (Å²) in [5, 5.41) is 6.42. The molecule has 0 saturated carbocycles. The second-order valence-corrected chi connectivity index (χ2v) is 11.2. The lowest BCUT2D eigenvalue weighted by Gasteiger charge is -2.12. The highest BCUT2D eigenvalue weighted by atomic mass is 35.5. The lowest BCUT2D eigenvalue weighted by Crippen LogP contribution is -2.27. The number of alkyl halides is 2. The van der Waals surface area contributed by atoms with E-state index in [9.17, 15) is 26.8 Å². The molecule has 0 atom stereocenters. The average molecular weight is 593 g/mol. The molecule has 2 amide bonds. The molecular formula is C23H28Cl2F2N6O4S. The van der Waals surface area contributed by atoms with E-state index in [0.717, 1.165) is 18.0 Å². The van der Waals surface area contributed by atoms with Gasteiger partial charge in [-0.25, -0.2) is 22.6 Å². The van der Waals surface area contributed by atoms with Gasteiger partial charge in [-0.3, -0.25) is 4.72 Å². The summed E-state index contributed by atoms with van der Waals surface area (Å²) < 4.78 is 51.3. The molecule has 1 aromatic heterocycles. The number of rotatable bonds is 6. The first-order valence-corrected chi connectivity index (χ1v) is 13.7. The Hall–Kier alpha value is -3.16. The Kier molecular flexibility index (Phi) is 10.3. The Morgan fingerprint density at radius 1 is 1.08 bits per heavy atom. The Labute approximate surface area is 229 Å². The van der Waals surface area contributed by atoms with Crippen molar-refractivity contribution in [2.24, 2.45) is 0 Å². The summed E-state index contributed by atoms with van der Waals surface area (Å²) in [6.45, 7) is 2.45. The largest absolute Gasteiger partial charge is 0.355 e. The second-order valence-electron chi connectivity index (χ2n) is 8.65. The van der Waals surface area contributed by atoms with Gasteiger partial charge >= 0.3 is 18.3 Å². The molecule has 38 heavy (non-hydrogen) atoms. The first kappa shape index (κ1) is 31.1. The predicted octanol–water partition coefficient (Wildman–Crippen LogP) is 5.32. The van der Waals surface area contributed by atoms with Crippen molar-refractivity contribution in [2.75, 3.05) is 30.4 Å². The SMILES string of the molecule is CC(C)c1ccc(NC(=O)N(C)C)cc1.Cc1nn(-c2cc(NS(C)(=O)=O)c(Cl)cc2Cl)c(=O)n1C(F)F. The highest BCUT2D eigenvalue weighted by molar-refractivity contribution is 7.92. The maximum Gasteiger partial charge on any atom is 0.355 e. The van der Waals surface area contributed by atoms with E-state index in [-0.39, 0.29) is 37.8 Å². The molecule has 3 rings (SSSR count). The molecular weight excluding hydrogens is 565 g/mol. The number of halogens is 4. The van der Waals surface area contributed by atoms with E-state index in [1.54, 1.807) is 14.1 Å². The molecule has 2 N–H and O–H groups in total. The van der Waals surface area contributed by atoms with Gasteiger partial charge in [0, 0.05) is 19.8 Å². The van der Waals surface area contributed by atoms with Gasteiger partial charge in [-0.1, -0.05) is 49.2 Å². The Morgan fingerprint density at radius 2 is 1.66 bits per heavy atom. The second kappa shape index (κ2) is 12.6. The van der Waals surface area contributed by atoms with E-state index in [4.69, 9.17) is 23.2 Å². The zero-order chi connectivity index (χ0) is 28.9. The monoisotopic (exact) mass is 592 g/mol. The van der Waals surface area contributed by atoms with Crippen LogP contribution in [0, 0.1) is 6.92 Å². The highest BCUT2D eigenvalue weighted by Gasteiger charge is 2.21. The van der Waals surface area contributed by atoms with Crippen LogP contribution in [0.1, 0.15) is 37.7 Å². The number of nitrogens with zero attached hydrogens (tertiary/aromatic N) is 4. The molecule has 0 aliphatic heterocycles. The van der Waals surface area contributed by atoms with E-state index in [2.05, 4.69) is 29.0 Å². The van der Waals surface area contributed by atoms with Crippen LogP contribution in [0.4, 0.5) is 25.0 Å². The average Bonchev–Trinajstić information content (AvgIpc) is 3.09. The lowest BCUT2D eigenvalue weighted by molar-refractivity contribution is 0.0640. The van der Waals surface area contributed by atoms with Gasteiger partial charge in [0.2, 0.25) is 10.0 Å². The van der Waals surface area contributed by atoms with E-state index in [1.165, 1.54) is 23.5 Å². The van der Waals surface area contributed by atoms with E-state index in [1.807, 2.05) is 24.3 Å². The van der Waals surface area contributed by atoms with Crippen LogP contribution in [-0.2, 0) is 10.0 Å². The summed E-state index contributed by atoms with van der Waals surface area (Å²) in [5.41, 5.74) is 0.836. The van der Waals surface area contributed by atoms with Gasteiger partial charge in [-0.2, -0.15) is 13.5 Å². The third kappa shape index (κ3) is 8.17. The van der Waals surface area contributed by atoms with E-state index >= 15 is 0 Å². The maximum atomic E-state index is 12.8. The molecule has 0 radical (unpaired) electrons. The highest BCUT2D eigenvalue weighted by Crippen LogP contribution is 2.31. The zero-order valence-corrected chi connectivity index (χ0v) is 23.8. The molecule has 2 aromatic carbocycles. The van der Waals surface area contributed by atoms with Gasteiger partial charge in [0.05, 0.1) is 27.7 Å². The third-order valence-corrected chi connectivity index (χ3v) is 6.18. The van der Waals surface area contributed by atoms with Crippen LogP contribution >= 0.6 is 23.2 Å². The quantitative estimate of drug-likeness (QED) is 0.401. The molecule has 0 aliphatic carbocycles. The van der Waals surface area contributed by atoms with Gasteiger partial charge in [-0.05, 0) is 42.7 Å². The number of carbonyl (C=O) groups is 1. The van der Waals surface area contributed by atoms with Crippen molar-refractivity contribution in [2.45, 2.75) is 33.2 Å². The van der Waals surface area contributed by atoms with Crippen LogP contribution in [-0.4, -0.2) is 54.0 Å². The van der Waals surface area contributed by atoms with Gasteiger partial charge in [-0.15, -0.1) is 5.10 Å². The summed E-state index contributed by atoms with van der Waals surface area (Å²) in [7, 11) is -0.208. The maximum absolute atomic E-state index is 12.8. The predicted molar refractivity (Wildman–Crippen MR) is 146 cm³/mol. The molecule has 0 fully saturated rings. The number of nitrogens with one attached hydrogen (secondary N) is 2. The third-order valence-electron chi connectivity index (χ3n) is 4.97. The summed E-state index contributed by atoms with van der Waals surface area (Å²) in [4.78, 5) is 24.9.